The van der Waals surface area contributed by atoms with E-state index in [0.29, 0.717) is 0 Å². The van der Waals surface area contributed by atoms with Crippen molar-refractivity contribution < 1.29 is 40.7 Å². The molecule has 0 bridgehead atoms. The molecule has 9 heteroatoms. The minimum atomic E-state index is 0. The van der Waals surface area contributed by atoms with Gasteiger partial charge in [-0.25, -0.2) is 0 Å². The molecule has 0 spiro atoms. The first-order valence-electron chi connectivity index (χ1n) is 22.5. The van der Waals surface area contributed by atoms with Crippen LogP contribution in [0.1, 0.15) is 11.1 Å². The first kappa shape index (κ1) is 49.8. The molecule has 0 aliphatic carbocycles. The Morgan fingerprint density at radius 3 is 0.930 bits per heavy atom. The molecule has 12 rings (SSSR count). The van der Waals surface area contributed by atoms with Gasteiger partial charge in [0.1, 0.15) is 14.2 Å². The molecule has 0 saturated carbocycles. The van der Waals surface area contributed by atoms with E-state index in [4.69, 9.17) is 0 Å². The predicted molar refractivity (Wildman–Crippen MR) is 297 cm³/mol. The van der Waals surface area contributed by atoms with Crippen LogP contribution in [0.3, 0.4) is 0 Å². The summed E-state index contributed by atoms with van der Waals surface area (Å²) in [5.74, 6) is 2.36. The third-order valence-electron chi connectivity index (χ3n) is 11.8. The molecule has 350 valence electrons. The van der Waals surface area contributed by atoms with Crippen LogP contribution < -0.4 is 0 Å². The van der Waals surface area contributed by atoms with Crippen LogP contribution in [0.5, 0.6) is 23.0 Å². The minimum absolute atomic E-state index is 0. The Hall–Kier alpha value is -7.59. The van der Waals surface area contributed by atoms with Crippen LogP contribution in [-0.2, 0) is 30.5 Å². The molecule has 2 N–H and O–H groups in total. The number of hydrogen-bond donors (Lipinski definition) is 2. The van der Waals surface area contributed by atoms with E-state index in [2.05, 4.69) is 119 Å². The van der Waals surface area contributed by atoms with Gasteiger partial charge in [-0.2, -0.15) is 49.2 Å². The molecular weight excluding hydrogens is 949 g/mol. The SMILES string of the molecule is [CH2-][O+](C)c1ccccc1-c1scc(-n2c3ccccc3c3ccccc32)c1O.[CH2-][O+](C)c1ccccc1-c1scc(-n2c3ccccc3c3ccccc32)c1O.[CH2-]c1ccccc1.[CH2-]c1ccccc1.[Ti+2]. The van der Waals surface area contributed by atoms with Gasteiger partial charge in [0, 0.05) is 44.4 Å². The average Bonchev–Trinajstić information content (AvgIpc) is 4.14. The molecule has 8 aromatic carbocycles. The summed E-state index contributed by atoms with van der Waals surface area (Å²) in [5.41, 5.74) is 9.96. The van der Waals surface area contributed by atoms with E-state index in [0.717, 1.165) is 76.9 Å². The van der Waals surface area contributed by atoms with Gasteiger partial charge in [0.05, 0.1) is 54.3 Å². The Balaban J connectivity index is 0.000000148. The van der Waals surface area contributed by atoms with Crippen LogP contribution in [0.4, 0.5) is 0 Å². The fourth-order valence-corrected chi connectivity index (χ4v) is 10.5. The van der Waals surface area contributed by atoms with Gasteiger partial charge < -0.3 is 28.1 Å². The molecule has 0 unspecified atom stereocenters. The predicted octanol–water partition coefficient (Wildman–Crippen LogP) is 17.5. The van der Waals surface area contributed by atoms with Crippen molar-refractivity contribution in [1.82, 2.24) is 9.13 Å². The summed E-state index contributed by atoms with van der Waals surface area (Å²) in [4.78, 5) is 1.66. The zero-order chi connectivity index (χ0) is 48.7. The van der Waals surface area contributed by atoms with Crippen molar-refractivity contribution in [3.8, 4) is 55.3 Å². The number of hydrogen-bond acceptors (Lipinski definition) is 4. The van der Waals surface area contributed by atoms with E-state index < -0.39 is 0 Å². The first-order chi connectivity index (χ1) is 34.1. The Morgan fingerprint density at radius 1 is 0.380 bits per heavy atom. The molecule has 0 fully saturated rings. The van der Waals surface area contributed by atoms with E-state index in [9.17, 15) is 10.2 Å². The molecular formula is C62H52N2O4S2Ti. The maximum atomic E-state index is 11.2. The van der Waals surface area contributed by atoms with Gasteiger partial charge >= 0.3 is 21.7 Å². The van der Waals surface area contributed by atoms with Crippen LogP contribution in [0, 0.1) is 28.1 Å². The van der Waals surface area contributed by atoms with Gasteiger partial charge in [0.15, 0.2) is 11.5 Å². The molecule has 6 nitrogen and oxygen atoms in total. The van der Waals surface area contributed by atoms with E-state index in [1.54, 1.807) is 0 Å². The Morgan fingerprint density at radius 2 is 0.648 bits per heavy atom. The first-order valence-corrected chi connectivity index (χ1v) is 24.3. The maximum absolute atomic E-state index is 11.2. The normalized spacial score (nSPS) is 10.6. The van der Waals surface area contributed by atoms with Crippen LogP contribution in [0.25, 0.3) is 75.9 Å². The standard InChI is InChI=1S/2C24H19NO2S.2C7H7.Ti/c2*1-27(2)22-14-8-5-11-18(22)24-23(26)21(15-28-24)25-19-12-6-3-9-16(19)17-10-4-7-13-20(17)25;2*1-7-5-3-2-4-6-7;/h2*3-15,26H,1H2,2H3;2*2-6H,1H2;/q;;2*-1;+2. The summed E-state index contributed by atoms with van der Waals surface area (Å²) in [6.07, 6.45) is 0. The molecule has 4 heterocycles. The smallest absolute Gasteiger partial charge is 0.713 e. The number of rotatable bonds is 6. The fraction of sp³-hybridized carbons (Fsp3) is 0.0323. The van der Waals surface area contributed by atoms with Gasteiger partial charge in [-0.1, -0.05) is 109 Å². The summed E-state index contributed by atoms with van der Waals surface area (Å²) < 4.78 is 9.62. The van der Waals surface area contributed by atoms with Crippen molar-refractivity contribution in [1.29, 1.82) is 0 Å². The molecule has 0 saturated heterocycles. The number of benzene rings is 8. The monoisotopic (exact) mass is 1000 g/mol. The zero-order valence-electron chi connectivity index (χ0n) is 39.5. The number of aromatic hydroxyl groups is 2. The Labute approximate surface area is 438 Å². The Kier molecular flexibility index (Phi) is 15.7. The van der Waals surface area contributed by atoms with Crippen LogP contribution in [-0.4, -0.2) is 33.6 Å². The van der Waals surface area contributed by atoms with Crippen molar-refractivity contribution in [3.05, 3.63) is 256 Å². The third kappa shape index (κ3) is 10.3. The topological polar surface area (TPSA) is 55.7 Å². The summed E-state index contributed by atoms with van der Waals surface area (Å²) in [5, 5.41) is 31.2. The van der Waals surface area contributed by atoms with E-state index in [1.165, 1.54) is 44.2 Å². The second-order valence-electron chi connectivity index (χ2n) is 16.6. The molecule has 0 amide bonds. The number of thiophene rings is 2. The summed E-state index contributed by atoms with van der Waals surface area (Å²) >= 11 is 3.08. The van der Waals surface area contributed by atoms with Gasteiger partial charge in [-0.3, -0.25) is 0 Å². The molecule has 0 aliphatic rings. The number of para-hydroxylation sites is 6. The van der Waals surface area contributed by atoms with Crippen molar-refractivity contribution in [2.24, 2.45) is 0 Å². The zero-order valence-corrected chi connectivity index (χ0v) is 42.7. The fourth-order valence-electron chi connectivity index (χ4n) is 8.62. The Bertz CT molecular complexity index is 3330. The number of fused-ring (bicyclic) bond motifs is 6. The van der Waals surface area contributed by atoms with E-state index >= 15 is 0 Å². The number of nitrogens with zero attached hydrogens (tertiary/aromatic N) is 2. The maximum Gasteiger partial charge on any atom is 2.00 e. The molecule has 4 aromatic heterocycles. The van der Waals surface area contributed by atoms with E-state index in [1.807, 2.05) is 158 Å². The van der Waals surface area contributed by atoms with Crippen molar-refractivity contribution in [3.63, 3.8) is 0 Å². The average molecular weight is 1000 g/mol. The van der Waals surface area contributed by atoms with Gasteiger partial charge in [0.25, 0.3) is 0 Å². The molecule has 71 heavy (non-hydrogen) atoms. The summed E-state index contributed by atoms with van der Waals surface area (Å²) in [7, 11) is 11.5. The van der Waals surface area contributed by atoms with Crippen molar-refractivity contribution in [2.75, 3.05) is 14.2 Å². The quantitative estimate of drug-likeness (QED) is 0.0991. The number of aromatic nitrogens is 2. The molecule has 0 atom stereocenters. The van der Waals surface area contributed by atoms with Crippen molar-refractivity contribution >= 4 is 66.3 Å². The third-order valence-corrected chi connectivity index (χ3v) is 13.8. The molecule has 12 aromatic rings. The summed E-state index contributed by atoms with van der Waals surface area (Å²) in [6, 6.07) is 68.8. The largest absolute Gasteiger partial charge is 2.00 e. The summed E-state index contributed by atoms with van der Waals surface area (Å²) in [6.45, 7) is 7.44. The van der Waals surface area contributed by atoms with Gasteiger partial charge in [0.2, 0.25) is 11.5 Å². The minimum Gasteiger partial charge on any atom is -0.713 e. The molecule has 0 radical (unpaired) electrons. The van der Waals surface area contributed by atoms with Crippen LogP contribution in [0.15, 0.2) is 217 Å². The second kappa shape index (κ2) is 22.4. The van der Waals surface area contributed by atoms with Gasteiger partial charge in [-0.05, 0) is 50.6 Å². The van der Waals surface area contributed by atoms with E-state index in [-0.39, 0.29) is 33.2 Å². The van der Waals surface area contributed by atoms with Crippen LogP contribution >= 0.6 is 22.7 Å². The van der Waals surface area contributed by atoms with Crippen molar-refractivity contribution in [2.45, 2.75) is 0 Å². The van der Waals surface area contributed by atoms with Crippen LogP contribution in [0.2, 0.25) is 0 Å². The second-order valence-corrected chi connectivity index (χ2v) is 18.3. The van der Waals surface area contributed by atoms with Gasteiger partial charge in [-0.15, -0.1) is 46.9 Å². The molecule has 0 aliphatic heterocycles.